The van der Waals surface area contributed by atoms with E-state index in [0.717, 1.165) is 41.5 Å². The first-order valence-corrected chi connectivity index (χ1v) is 10.9. The first-order chi connectivity index (χ1) is 14.2. The van der Waals surface area contributed by atoms with Crippen LogP contribution < -0.4 is 4.74 Å². The van der Waals surface area contributed by atoms with Gasteiger partial charge in [0.1, 0.15) is 11.6 Å². The quantitative estimate of drug-likeness (QED) is 0.693. The molecule has 0 unspecified atom stereocenters. The van der Waals surface area contributed by atoms with Crippen LogP contribution in [-0.4, -0.2) is 35.3 Å². The number of ether oxygens (including phenoxy) is 1. The smallest absolute Gasteiger partial charge is 0.137 e. The topological polar surface area (TPSA) is 28.1 Å². The van der Waals surface area contributed by atoms with Gasteiger partial charge in [-0.2, -0.15) is 0 Å². The number of nitrogens with zero attached hydrogens (tertiary/aromatic N) is 3. The van der Waals surface area contributed by atoms with Crippen LogP contribution >= 0.6 is 0 Å². The largest absolute Gasteiger partial charge is 0.494 e. The van der Waals surface area contributed by atoms with Crippen molar-refractivity contribution in [2.24, 2.45) is 4.99 Å². The second kappa shape index (κ2) is 7.58. The summed E-state index contributed by atoms with van der Waals surface area (Å²) >= 11 is 0. The van der Waals surface area contributed by atoms with Gasteiger partial charge in [0.2, 0.25) is 0 Å². The van der Waals surface area contributed by atoms with Gasteiger partial charge in [-0.15, -0.1) is 0 Å². The van der Waals surface area contributed by atoms with Gasteiger partial charge in [-0.05, 0) is 81.4 Å². The summed E-state index contributed by atoms with van der Waals surface area (Å²) in [5.41, 5.74) is 7.47. The number of hydrogen-bond donors (Lipinski definition) is 0. The molecule has 3 aliphatic heterocycles. The molecule has 4 heteroatoms. The standard InChI is InChI=1S/C25H29N3O/c1-3-29-24-15-20(10-9-18(24)2)22-16-23(19-7-6-8-19)28-17-21(11-12-25(28)26-22)27-13-4-5-14-27/h9-12,15-17H,3-8,13-14H2,1-2H3. The highest BCUT2D eigenvalue weighted by molar-refractivity contribution is 6.02. The fourth-order valence-electron chi connectivity index (χ4n) is 4.38. The van der Waals surface area contributed by atoms with Gasteiger partial charge < -0.3 is 9.64 Å². The summed E-state index contributed by atoms with van der Waals surface area (Å²) in [4.78, 5) is 9.82. The number of rotatable bonds is 4. The van der Waals surface area contributed by atoms with E-state index in [4.69, 9.17) is 9.73 Å². The predicted molar refractivity (Wildman–Crippen MR) is 119 cm³/mol. The summed E-state index contributed by atoms with van der Waals surface area (Å²) in [5, 5.41) is 0. The van der Waals surface area contributed by atoms with Crippen LogP contribution in [0.4, 0.5) is 0 Å². The minimum absolute atomic E-state index is 0.674. The summed E-state index contributed by atoms with van der Waals surface area (Å²) in [6, 6.07) is 6.42. The molecule has 1 aliphatic carbocycles. The maximum Gasteiger partial charge on any atom is 0.137 e. The van der Waals surface area contributed by atoms with E-state index in [-0.39, 0.29) is 0 Å². The van der Waals surface area contributed by atoms with E-state index in [0.29, 0.717) is 6.61 Å². The molecule has 1 aromatic rings. The molecule has 0 spiro atoms. The lowest BCUT2D eigenvalue weighted by molar-refractivity contribution is 0.338. The van der Waals surface area contributed by atoms with Gasteiger partial charge in [0.05, 0.1) is 18.0 Å². The van der Waals surface area contributed by atoms with Crippen LogP contribution in [0.3, 0.4) is 0 Å². The predicted octanol–water partition coefficient (Wildman–Crippen LogP) is 5.39. The third kappa shape index (κ3) is 3.41. The lowest BCUT2D eigenvalue weighted by atomic mass is 9.88. The van der Waals surface area contributed by atoms with Crippen molar-refractivity contribution in [3.05, 3.63) is 70.7 Å². The molecule has 1 aromatic carbocycles. The SMILES string of the molecule is CCOc1cc(C2=CC(=C3CCC3)N3C=C(N4CCCC4)C=CC3=N2)ccc1C. The molecule has 0 N–H and O–H groups in total. The van der Waals surface area contributed by atoms with E-state index in [9.17, 15) is 0 Å². The molecule has 0 atom stereocenters. The number of hydrogen-bond acceptors (Lipinski definition) is 4. The van der Waals surface area contributed by atoms with Crippen LogP contribution in [0.15, 0.2) is 64.6 Å². The van der Waals surface area contributed by atoms with Crippen molar-refractivity contribution in [2.45, 2.75) is 46.0 Å². The van der Waals surface area contributed by atoms with Crippen molar-refractivity contribution < 1.29 is 4.74 Å². The van der Waals surface area contributed by atoms with Crippen molar-refractivity contribution in [1.82, 2.24) is 9.80 Å². The molecule has 0 bridgehead atoms. The number of allylic oxidation sites excluding steroid dienone is 3. The maximum absolute atomic E-state index is 5.83. The second-order valence-corrected chi connectivity index (χ2v) is 8.21. The first kappa shape index (κ1) is 18.3. The Hall–Kier alpha value is -2.75. The highest BCUT2D eigenvalue weighted by atomic mass is 16.5. The van der Waals surface area contributed by atoms with E-state index in [1.54, 1.807) is 5.57 Å². The van der Waals surface area contributed by atoms with E-state index >= 15 is 0 Å². The summed E-state index contributed by atoms with van der Waals surface area (Å²) < 4.78 is 5.83. The molecule has 5 rings (SSSR count). The normalized spacial score (nSPS) is 20.8. The molecular weight excluding hydrogens is 358 g/mol. The molecular formula is C25H29N3O. The van der Waals surface area contributed by atoms with Crippen molar-refractivity contribution in [1.29, 1.82) is 0 Å². The van der Waals surface area contributed by atoms with Crippen molar-refractivity contribution in [2.75, 3.05) is 19.7 Å². The molecule has 0 radical (unpaired) electrons. The third-order valence-electron chi connectivity index (χ3n) is 6.25. The summed E-state index contributed by atoms with van der Waals surface area (Å²) in [5.74, 6) is 1.96. The number of amidine groups is 1. The Kier molecular flexibility index (Phi) is 4.78. The molecule has 1 saturated carbocycles. The van der Waals surface area contributed by atoms with Crippen molar-refractivity contribution >= 4 is 11.5 Å². The van der Waals surface area contributed by atoms with Gasteiger partial charge in [0, 0.05) is 30.5 Å². The van der Waals surface area contributed by atoms with E-state index in [2.05, 4.69) is 59.4 Å². The van der Waals surface area contributed by atoms with Gasteiger partial charge in [-0.1, -0.05) is 12.1 Å². The third-order valence-corrected chi connectivity index (χ3v) is 6.25. The molecule has 3 heterocycles. The van der Waals surface area contributed by atoms with Crippen LogP contribution in [0.5, 0.6) is 5.75 Å². The zero-order valence-corrected chi connectivity index (χ0v) is 17.4. The fraction of sp³-hybridized carbons (Fsp3) is 0.400. The zero-order valence-electron chi connectivity index (χ0n) is 17.4. The average Bonchev–Trinajstić information content (AvgIpc) is 3.23. The zero-order chi connectivity index (χ0) is 19.8. The lowest BCUT2D eigenvalue weighted by Crippen LogP contribution is -2.32. The first-order valence-electron chi connectivity index (χ1n) is 10.9. The molecule has 0 amide bonds. The Morgan fingerprint density at radius 1 is 1.07 bits per heavy atom. The average molecular weight is 388 g/mol. The highest BCUT2D eigenvalue weighted by Crippen LogP contribution is 2.38. The van der Waals surface area contributed by atoms with Crippen LogP contribution in [-0.2, 0) is 0 Å². The van der Waals surface area contributed by atoms with Crippen LogP contribution in [0.2, 0.25) is 0 Å². The Morgan fingerprint density at radius 2 is 1.90 bits per heavy atom. The number of fused-ring (bicyclic) bond motifs is 1. The van der Waals surface area contributed by atoms with Crippen molar-refractivity contribution in [3.63, 3.8) is 0 Å². The molecule has 29 heavy (non-hydrogen) atoms. The molecule has 4 aliphatic rings. The van der Waals surface area contributed by atoms with Crippen LogP contribution in [0.25, 0.3) is 5.70 Å². The van der Waals surface area contributed by atoms with Gasteiger partial charge >= 0.3 is 0 Å². The lowest BCUT2D eigenvalue weighted by Gasteiger charge is -2.35. The molecule has 0 aromatic heterocycles. The van der Waals surface area contributed by atoms with Gasteiger partial charge in [-0.25, -0.2) is 4.99 Å². The Labute approximate surface area is 173 Å². The second-order valence-electron chi connectivity index (χ2n) is 8.21. The number of aliphatic imine (C=N–C) groups is 1. The van der Waals surface area contributed by atoms with E-state index in [1.165, 1.54) is 43.5 Å². The Bertz CT molecular complexity index is 968. The summed E-state index contributed by atoms with van der Waals surface area (Å²) in [6.45, 7) is 7.11. The summed E-state index contributed by atoms with van der Waals surface area (Å²) in [6.07, 6.45) is 15.2. The van der Waals surface area contributed by atoms with Gasteiger partial charge in [0.25, 0.3) is 0 Å². The number of aryl methyl sites for hydroxylation is 1. The monoisotopic (exact) mass is 387 g/mol. The van der Waals surface area contributed by atoms with E-state index < -0.39 is 0 Å². The highest BCUT2D eigenvalue weighted by Gasteiger charge is 2.27. The molecule has 1 saturated heterocycles. The minimum atomic E-state index is 0.674. The van der Waals surface area contributed by atoms with Crippen molar-refractivity contribution in [3.8, 4) is 5.75 Å². The fourth-order valence-corrected chi connectivity index (χ4v) is 4.38. The van der Waals surface area contributed by atoms with Crippen LogP contribution in [0, 0.1) is 6.92 Å². The summed E-state index contributed by atoms with van der Waals surface area (Å²) in [7, 11) is 0. The molecule has 2 fully saturated rings. The van der Waals surface area contributed by atoms with Crippen LogP contribution in [0.1, 0.15) is 50.2 Å². The maximum atomic E-state index is 5.83. The molecule has 150 valence electrons. The minimum Gasteiger partial charge on any atom is -0.494 e. The number of benzene rings is 1. The van der Waals surface area contributed by atoms with E-state index in [1.807, 2.05) is 6.92 Å². The number of likely N-dealkylation sites (tertiary alicyclic amines) is 1. The van der Waals surface area contributed by atoms with Gasteiger partial charge in [0.15, 0.2) is 0 Å². The Morgan fingerprint density at radius 3 is 2.62 bits per heavy atom. The Balaban J connectivity index is 1.53. The van der Waals surface area contributed by atoms with Gasteiger partial charge in [-0.3, -0.25) is 4.90 Å². The molecule has 4 nitrogen and oxygen atoms in total.